The van der Waals surface area contributed by atoms with Crippen molar-refractivity contribution in [2.45, 2.75) is 32.4 Å². The first kappa shape index (κ1) is 14.8. The number of rotatable bonds is 5. The number of nitrogens with two attached hydrogens (primary N) is 1. The van der Waals surface area contributed by atoms with Crippen molar-refractivity contribution in [1.29, 1.82) is 0 Å². The fraction of sp³-hybridized carbons (Fsp3) is 0.692. The summed E-state index contributed by atoms with van der Waals surface area (Å²) in [6.07, 6.45) is 0.828. The monoisotopic (exact) mass is 281 g/mol. The first-order valence-electron chi connectivity index (χ1n) is 7.01. The third-order valence-corrected chi connectivity index (χ3v) is 3.29. The van der Waals surface area contributed by atoms with Gasteiger partial charge in [-0.1, -0.05) is 6.92 Å². The Morgan fingerprint density at radius 3 is 3.05 bits per heavy atom. The minimum atomic E-state index is -0.186. The number of aromatic nitrogens is 2. The van der Waals surface area contributed by atoms with Gasteiger partial charge in [-0.3, -0.25) is 0 Å². The summed E-state index contributed by atoms with van der Waals surface area (Å²) in [5, 5.41) is 12.5. The lowest BCUT2D eigenvalue weighted by molar-refractivity contribution is -0.0105. The minimum Gasteiger partial charge on any atom is -0.394 e. The molecule has 0 radical (unpaired) electrons. The summed E-state index contributed by atoms with van der Waals surface area (Å²) in [5.41, 5.74) is 5.78. The van der Waals surface area contributed by atoms with Crippen molar-refractivity contribution >= 4 is 17.6 Å². The maximum Gasteiger partial charge on any atom is 0.223 e. The van der Waals surface area contributed by atoms with Crippen LogP contribution in [0.25, 0.3) is 0 Å². The lowest BCUT2D eigenvalue weighted by Crippen LogP contribution is -2.50. The zero-order valence-electron chi connectivity index (χ0n) is 12.0. The molecule has 1 aliphatic heterocycles. The highest BCUT2D eigenvalue weighted by Gasteiger charge is 2.27. The SMILES string of the molecule is CCCNc1cc(N2CC(CO)OCC2C)nc(N)n1. The number of nitrogen functional groups attached to an aromatic ring is 1. The molecule has 4 N–H and O–H groups in total. The van der Waals surface area contributed by atoms with Crippen molar-refractivity contribution in [1.82, 2.24) is 9.97 Å². The Morgan fingerprint density at radius 2 is 2.35 bits per heavy atom. The standard InChI is InChI=1S/C13H23N5O2/c1-3-4-15-11-5-12(17-13(14)16-11)18-6-10(7-19)20-8-9(18)2/h5,9-10,19H,3-4,6-8H2,1-2H3,(H3,14,15,16,17). The van der Waals surface area contributed by atoms with E-state index in [0.29, 0.717) is 13.2 Å². The van der Waals surface area contributed by atoms with Crippen LogP contribution < -0.4 is 16.0 Å². The summed E-state index contributed by atoms with van der Waals surface area (Å²) in [5.74, 6) is 1.75. The Morgan fingerprint density at radius 1 is 1.55 bits per heavy atom. The zero-order chi connectivity index (χ0) is 14.5. The van der Waals surface area contributed by atoms with E-state index < -0.39 is 0 Å². The fourth-order valence-corrected chi connectivity index (χ4v) is 2.19. The number of nitrogens with zero attached hydrogens (tertiary/aromatic N) is 3. The second kappa shape index (κ2) is 6.71. The number of hydrogen-bond donors (Lipinski definition) is 3. The molecule has 7 nitrogen and oxygen atoms in total. The summed E-state index contributed by atoms with van der Waals surface area (Å²) in [6.45, 7) is 6.16. The highest BCUT2D eigenvalue weighted by Crippen LogP contribution is 2.22. The molecule has 1 aromatic heterocycles. The van der Waals surface area contributed by atoms with Crippen LogP contribution >= 0.6 is 0 Å². The third-order valence-electron chi connectivity index (χ3n) is 3.29. The second-order valence-electron chi connectivity index (χ2n) is 5.04. The molecule has 0 saturated carbocycles. The predicted molar refractivity (Wildman–Crippen MR) is 78.9 cm³/mol. The molecule has 1 aromatic rings. The molecule has 2 unspecified atom stereocenters. The van der Waals surface area contributed by atoms with Gasteiger partial charge < -0.3 is 25.8 Å². The van der Waals surface area contributed by atoms with Gasteiger partial charge in [0.25, 0.3) is 0 Å². The second-order valence-corrected chi connectivity index (χ2v) is 5.04. The number of aliphatic hydroxyl groups excluding tert-OH is 1. The maximum absolute atomic E-state index is 9.25. The number of nitrogens with one attached hydrogen (secondary N) is 1. The summed E-state index contributed by atoms with van der Waals surface area (Å²) in [4.78, 5) is 10.6. The van der Waals surface area contributed by atoms with Crippen LogP contribution in [-0.4, -0.2) is 53.5 Å². The minimum absolute atomic E-state index is 0.00469. The molecular formula is C13H23N5O2. The number of aliphatic hydroxyl groups is 1. The molecule has 1 aliphatic rings. The number of anilines is 3. The molecule has 1 fully saturated rings. The summed E-state index contributed by atoms with van der Waals surface area (Å²) < 4.78 is 5.53. The highest BCUT2D eigenvalue weighted by atomic mass is 16.5. The van der Waals surface area contributed by atoms with E-state index in [1.54, 1.807) is 0 Å². The van der Waals surface area contributed by atoms with E-state index in [0.717, 1.165) is 24.6 Å². The van der Waals surface area contributed by atoms with Crippen LogP contribution in [0.3, 0.4) is 0 Å². The van der Waals surface area contributed by atoms with Gasteiger partial charge in [-0.05, 0) is 13.3 Å². The third kappa shape index (κ3) is 3.49. The highest BCUT2D eigenvalue weighted by molar-refractivity contribution is 5.53. The lowest BCUT2D eigenvalue weighted by atomic mass is 10.2. The van der Waals surface area contributed by atoms with E-state index in [-0.39, 0.29) is 24.7 Å². The maximum atomic E-state index is 9.25. The Labute approximate surface area is 119 Å². The predicted octanol–water partition coefficient (Wildman–Crippen LogP) is 0.467. The van der Waals surface area contributed by atoms with Crippen molar-refractivity contribution in [3.05, 3.63) is 6.07 Å². The van der Waals surface area contributed by atoms with Gasteiger partial charge in [0.15, 0.2) is 0 Å². The van der Waals surface area contributed by atoms with E-state index in [1.165, 1.54) is 0 Å². The lowest BCUT2D eigenvalue weighted by Gasteiger charge is -2.38. The van der Waals surface area contributed by atoms with Crippen LogP contribution in [0, 0.1) is 0 Å². The molecule has 2 atom stereocenters. The molecule has 0 amide bonds. The van der Waals surface area contributed by atoms with Gasteiger partial charge in [0.1, 0.15) is 11.6 Å². The van der Waals surface area contributed by atoms with Crippen LogP contribution in [0.2, 0.25) is 0 Å². The molecule has 0 aromatic carbocycles. The molecule has 2 rings (SSSR count). The van der Waals surface area contributed by atoms with Crippen LogP contribution in [-0.2, 0) is 4.74 Å². The molecule has 0 aliphatic carbocycles. The first-order valence-corrected chi connectivity index (χ1v) is 7.01. The summed E-state index contributed by atoms with van der Waals surface area (Å²) in [6, 6.07) is 2.08. The molecule has 0 bridgehead atoms. The number of morpholine rings is 1. The van der Waals surface area contributed by atoms with E-state index in [1.807, 2.05) is 6.07 Å². The van der Waals surface area contributed by atoms with Crippen LogP contribution in [0.4, 0.5) is 17.6 Å². The summed E-state index contributed by atoms with van der Waals surface area (Å²) >= 11 is 0. The van der Waals surface area contributed by atoms with Gasteiger partial charge >= 0.3 is 0 Å². The largest absolute Gasteiger partial charge is 0.394 e. The molecule has 0 spiro atoms. The Bertz CT molecular complexity index is 443. The normalized spacial score (nSPS) is 22.9. The molecule has 7 heteroatoms. The van der Waals surface area contributed by atoms with Crippen molar-refractivity contribution < 1.29 is 9.84 Å². The fourth-order valence-electron chi connectivity index (χ4n) is 2.19. The molecular weight excluding hydrogens is 258 g/mol. The average Bonchev–Trinajstić information content (AvgIpc) is 2.45. The van der Waals surface area contributed by atoms with Gasteiger partial charge in [0, 0.05) is 19.2 Å². The van der Waals surface area contributed by atoms with Crippen molar-refractivity contribution in [3.8, 4) is 0 Å². The van der Waals surface area contributed by atoms with Crippen molar-refractivity contribution in [3.63, 3.8) is 0 Å². The van der Waals surface area contributed by atoms with Crippen LogP contribution in [0.1, 0.15) is 20.3 Å². The number of hydrogen-bond acceptors (Lipinski definition) is 7. The van der Waals surface area contributed by atoms with E-state index in [9.17, 15) is 5.11 Å². The summed E-state index contributed by atoms with van der Waals surface area (Å²) in [7, 11) is 0. The van der Waals surface area contributed by atoms with E-state index in [2.05, 4.69) is 34.0 Å². The van der Waals surface area contributed by atoms with Crippen molar-refractivity contribution in [2.75, 3.05) is 42.3 Å². The van der Waals surface area contributed by atoms with Crippen LogP contribution in [0.5, 0.6) is 0 Å². The zero-order valence-corrected chi connectivity index (χ0v) is 12.0. The Hall–Kier alpha value is -1.60. The quantitative estimate of drug-likeness (QED) is 0.721. The Kier molecular flexibility index (Phi) is 4.97. The smallest absolute Gasteiger partial charge is 0.223 e. The van der Waals surface area contributed by atoms with E-state index in [4.69, 9.17) is 10.5 Å². The van der Waals surface area contributed by atoms with Gasteiger partial charge in [0.2, 0.25) is 5.95 Å². The first-order chi connectivity index (χ1) is 9.63. The van der Waals surface area contributed by atoms with Crippen LogP contribution in [0.15, 0.2) is 6.07 Å². The average molecular weight is 281 g/mol. The molecule has 112 valence electrons. The van der Waals surface area contributed by atoms with Gasteiger partial charge in [0.05, 0.1) is 25.4 Å². The molecule has 20 heavy (non-hydrogen) atoms. The number of ether oxygens (including phenoxy) is 1. The molecule has 2 heterocycles. The van der Waals surface area contributed by atoms with Gasteiger partial charge in [-0.15, -0.1) is 0 Å². The van der Waals surface area contributed by atoms with Gasteiger partial charge in [-0.2, -0.15) is 9.97 Å². The topological polar surface area (TPSA) is 96.5 Å². The molecule has 1 saturated heterocycles. The van der Waals surface area contributed by atoms with Gasteiger partial charge in [-0.25, -0.2) is 0 Å². The van der Waals surface area contributed by atoms with E-state index >= 15 is 0 Å². The van der Waals surface area contributed by atoms with Crippen molar-refractivity contribution in [2.24, 2.45) is 0 Å². The Balaban J connectivity index is 2.19.